The SMILES string of the molecule is CC1(C)C=Cc2ccc(F)c(N)c2O1. The summed E-state index contributed by atoms with van der Waals surface area (Å²) in [5, 5.41) is 0. The Balaban J connectivity index is 2.58. The molecular weight excluding hydrogens is 181 g/mol. The summed E-state index contributed by atoms with van der Waals surface area (Å²) < 4.78 is 18.7. The minimum absolute atomic E-state index is 0.0833. The number of halogens is 1. The number of rotatable bonds is 0. The lowest BCUT2D eigenvalue weighted by Gasteiger charge is -2.28. The van der Waals surface area contributed by atoms with Crippen molar-refractivity contribution in [1.82, 2.24) is 0 Å². The zero-order chi connectivity index (χ0) is 10.3. The van der Waals surface area contributed by atoms with Crippen LogP contribution in [0.1, 0.15) is 19.4 Å². The van der Waals surface area contributed by atoms with Crippen LogP contribution in [0.15, 0.2) is 18.2 Å². The molecule has 0 bridgehead atoms. The Morgan fingerprint density at radius 3 is 2.79 bits per heavy atom. The van der Waals surface area contributed by atoms with Gasteiger partial charge < -0.3 is 10.5 Å². The van der Waals surface area contributed by atoms with Gasteiger partial charge >= 0.3 is 0 Å². The van der Waals surface area contributed by atoms with E-state index in [1.54, 1.807) is 6.07 Å². The number of nitrogen functional groups attached to an aromatic ring is 1. The van der Waals surface area contributed by atoms with Gasteiger partial charge in [0.2, 0.25) is 0 Å². The van der Waals surface area contributed by atoms with Gasteiger partial charge in [-0.05, 0) is 32.1 Å². The Bertz CT molecular complexity index is 410. The fraction of sp³-hybridized carbons (Fsp3) is 0.273. The average Bonchev–Trinajstić information content (AvgIpc) is 2.11. The topological polar surface area (TPSA) is 35.2 Å². The molecule has 0 aliphatic carbocycles. The summed E-state index contributed by atoms with van der Waals surface area (Å²) in [6.07, 6.45) is 3.82. The van der Waals surface area contributed by atoms with Crippen LogP contribution in [0, 0.1) is 5.82 Å². The van der Waals surface area contributed by atoms with E-state index >= 15 is 0 Å². The molecule has 0 spiro atoms. The van der Waals surface area contributed by atoms with Gasteiger partial charge in [0.05, 0.1) is 0 Å². The molecule has 0 unspecified atom stereocenters. The van der Waals surface area contributed by atoms with Gasteiger partial charge in [0.1, 0.15) is 17.1 Å². The summed E-state index contributed by atoms with van der Waals surface area (Å²) in [7, 11) is 0. The third-order valence-corrected chi connectivity index (χ3v) is 2.20. The molecule has 1 heterocycles. The van der Waals surface area contributed by atoms with Crippen LogP contribution in [-0.4, -0.2) is 5.60 Å². The molecule has 0 radical (unpaired) electrons. The molecule has 1 aliphatic rings. The highest BCUT2D eigenvalue weighted by Gasteiger charge is 2.24. The number of nitrogens with two attached hydrogens (primary N) is 1. The first-order valence-electron chi connectivity index (χ1n) is 4.46. The van der Waals surface area contributed by atoms with Crippen molar-refractivity contribution in [3.8, 4) is 5.75 Å². The van der Waals surface area contributed by atoms with Crippen LogP contribution in [0.4, 0.5) is 10.1 Å². The second kappa shape index (κ2) is 2.74. The van der Waals surface area contributed by atoms with Crippen molar-refractivity contribution in [3.63, 3.8) is 0 Å². The van der Waals surface area contributed by atoms with Crippen molar-refractivity contribution < 1.29 is 9.13 Å². The second-order valence-corrected chi connectivity index (χ2v) is 3.92. The predicted octanol–water partition coefficient (Wildman–Crippen LogP) is 2.59. The van der Waals surface area contributed by atoms with Gasteiger partial charge in [0, 0.05) is 5.56 Å². The molecule has 0 saturated heterocycles. The average molecular weight is 193 g/mol. The molecule has 0 fully saturated rings. The molecule has 14 heavy (non-hydrogen) atoms. The van der Waals surface area contributed by atoms with Crippen molar-refractivity contribution in [2.75, 3.05) is 5.73 Å². The minimum atomic E-state index is -0.435. The largest absolute Gasteiger partial charge is 0.481 e. The number of benzene rings is 1. The van der Waals surface area contributed by atoms with Crippen molar-refractivity contribution in [2.24, 2.45) is 0 Å². The molecule has 2 N–H and O–H groups in total. The smallest absolute Gasteiger partial charge is 0.153 e. The summed E-state index contributed by atoms with van der Waals surface area (Å²) in [4.78, 5) is 0. The molecule has 1 aliphatic heterocycles. The van der Waals surface area contributed by atoms with Crippen LogP contribution in [0.3, 0.4) is 0 Å². The summed E-state index contributed by atoms with van der Waals surface area (Å²) in [5.74, 6) is 0.00681. The van der Waals surface area contributed by atoms with Crippen LogP contribution < -0.4 is 10.5 Å². The van der Waals surface area contributed by atoms with Crippen LogP contribution in [0.2, 0.25) is 0 Å². The van der Waals surface area contributed by atoms with E-state index in [4.69, 9.17) is 10.5 Å². The van der Waals surface area contributed by atoms with E-state index in [0.29, 0.717) is 5.75 Å². The maximum absolute atomic E-state index is 13.1. The van der Waals surface area contributed by atoms with Gasteiger partial charge in [0.25, 0.3) is 0 Å². The molecule has 74 valence electrons. The van der Waals surface area contributed by atoms with E-state index in [-0.39, 0.29) is 5.69 Å². The highest BCUT2D eigenvalue weighted by atomic mass is 19.1. The lowest BCUT2D eigenvalue weighted by Crippen LogP contribution is -2.28. The van der Waals surface area contributed by atoms with Gasteiger partial charge in [-0.1, -0.05) is 6.08 Å². The van der Waals surface area contributed by atoms with Gasteiger partial charge in [-0.15, -0.1) is 0 Å². The summed E-state index contributed by atoms with van der Waals surface area (Å²) in [6, 6.07) is 3.01. The van der Waals surface area contributed by atoms with Crippen LogP contribution in [-0.2, 0) is 0 Å². The molecule has 3 heteroatoms. The maximum Gasteiger partial charge on any atom is 0.153 e. The summed E-state index contributed by atoms with van der Waals surface area (Å²) in [6.45, 7) is 3.80. The molecule has 1 aromatic rings. The lowest BCUT2D eigenvalue weighted by atomic mass is 10.0. The molecule has 0 amide bonds. The standard InChI is InChI=1S/C11H12FNO/c1-11(2)6-5-7-3-4-8(12)9(13)10(7)14-11/h3-6H,13H2,1-2H3. The van der Waals surface area contributed by atoms with Gasteiger partial charge in [0.15, 0.2) is 5.75 Å². The van der Waals surface area contributed by atoms with Gasteiger partial charge in [-0.2, -0.15) is 0 Å². The van der Waals surface area contributed by atoms with E-state index in [0.717, 1.165) is 5.56 Å². The highest BCUT2D eigenvalue weighted by Crippen LogP contribution is 2.36. The summed E-state index contributed by atoms with van der Waals surface area (Å²) >= 11 is 0. The number of fused-ring (bicyclic) bond motifs is 1. The zero-order valence-corrected chi connectivity index (χ0v) is 8.17. The number of hydrogen-bond acceptors (Lipinski definition) is 2. The van der Waals surface area contributed by atoms with E-state index in [9.17, 15) is 4.39 Å². The number of anilines is 1. The Kier molecular flexibility index (Phi) is 1.77. The molecule has 0 aromatic heterocycles. The van der Waals surface area contributed by atoms with Crippen LogP contribution in [0.5, 0.6) is 5.75 Å². The van der Waals surface area contributed by atoms with Crippen molar-refractivity contribution >= 4 is 11.8 Å². The van der Waals surface area contributed by atoms with Crippen LogP contribution in [0.25, 0.3) is 6.08 Å². The first-order chi connectivity index (χ1) is 6.49. The van der Waals surface area contributed by atoms with Gasteiger partial charge in [-0.25, -0.2) is 4.39 Å². The lowest BCUT2D eigenvalue weighted by molar-refractivity contribution is 0.159. The van der Waals surface area contributed by atoms with Gasteiger partial charge in [-0.3, -0.25) is 0 Å². The van der Waals surface area contributed by atoms with Crippen molar-refractivity contribution in [3.05, 3.63) is 29.6 Å². The first-order valence-corrected chi connectivity index (χ1v) is 4.46. The van der Waals surface area contributed by atoms with Crippen molar-refractivity contribution in [1.29, 1.82) is 0 Å². The Morgan fingerprint density at radius 1 is 1.36 bits per heavy atom. The van der Waals surface area contributed by atoms with Crippen LogP contribution >= 0.6 is 0 Å². The third kappa shape index (κ3) is 1.35. The zero-order valence-electron chi connectivity index (χ0n) is 8.17. The molecule has 2 rings (SSSR count). The molecule has 0 atom stereocenters. The monoisotopic (exact) mass is 193 g/mol. The maximum atomic E-state index is 13.1. The Labute approximate surface area is 82.2 Å². The third-order valence-electron chi connectivity index (χ3n) is 2.20. The normalized spacial score (nSPS) is 17.4. The second-order valence-electron chi connectivity index (χ2n) is 3.92. The predicted molar refractivity (Wildman–Crippen MR) is 54.6 cm³/mol. The van der Waals surface area contributed by atoms with E-state index < -0.39 is 11.4 Å². The quantitative estimate of drug-likeness (QED) is 0.643. The highest BCUT2D eigenvalue weighted by molar-refractivity contribution is 5.70. The Hall–Kier alpha value is -1.51. The fourth-order valence-corrected chi connectivity index (χ4v) is 1.43. The number of hydrogen-bond donors (Lipinski definition) is 1. The first kappa shape index (κ1) is 9.06. The molecule has 2 nitrogen and oxygen atoms in total. The minimum Gasteiger partial charge on any atom is -0.481 e. The molecular formula is C11H12FNO. The van der Waals surface area contributed by atoms with Crippen molar-refractivity contribution in [2.45, 2.75) is 19.4 Å². The van der Waals surface area contributed by atoms with E-state index in [2.05, 4.69) is 0 Å². The van der Waals surface area contributed by atoms with E-state index in [1.165, 1.54) is 6.07 Å². The molecule has 1 aromatic carbocycles. The molecule has 0 saturated carbocycles. The Morgan fingerprint density at radius 2 is 2.07 bits per heavy atom. The number of ether oxygens (including phenoxy) is 1. The summed E-state index contributed by atoms with van der Waals surface area (Å²) in [5.41, 5.74) is 6.07. The fourth-order valence-electron chi connectivity index (χ4n) is 1.43. The van der Waals surface area contributed by atoms with E-state index in [1.807, 2.05) is 26.0 Å².